The number of H-pyrrole nitrogens is 1. The van der Waals surface area contributed by atoms with Crippen LogP contribution >= 0.6 is 0 Å². The molecule has 1 atom stereocenters. The van der Waals surface area contributed by atoms with Crippen LogP contribution in [0.4, 0.5) is 13.2 Å². The van der Waals surface area contributed by atoms with E-state index in [-0.39, 0.29) is 37.6 Å². The lowest BCUT2D eigenvalue weighted by Crippen LogP contribution is -2.52. The number of aromatic nitrogens is 2. The SMILES string of the molecule is O=C(c1ccn[nH]1)N1CCN([C@@H](c2ccccc2)C(F)(F)F)CC1. The quantitative estimate of drug-likeness (QED) is 0.935. The fourth-order valence-electron chi connectivity index (χ4n) is 2.97. The lowest BCUT2D eigenvalue weighted by molar-refractivity contribution is -0.189. The Morgan fingerprint density at radius 2 is 1.75 bits per heavy atom. The zero-order chi connectivity index (χ0) is 17.2. The summed E-state index contributed by atoms with van der Waals surface area (Å²) in [6, 6.07) is 7.77. The number of nitrogens with zero attached hydrogens (tertiary/aromatic N) is 3. The number of carbonyl (C=O) groups is 1. The average molecular weight is 338 g/mol. The molecule has 5 nitrogen and oxygen atoms in total. The van der Waals surface area contributed by atoms with Crippen LogP contribution in [-0.2, 0) is 0 Å². The van der Waals surface area contributed by atoms with Gasteiger partial charge in [-0.05, 0) is 11.6 Å². The van der Waals surface area contributed by atoms with E-state index in [1.54, 1.807) is 29.2 Å². The van der Waals surface area contributed by atoms with Crippen LogP contribution in [0.2, 0.25) is 0 Å². The third kappa shape index (κ3) is 3.43. The first-order chi connectivity index (χ1) is 11.5. The molecule has 1 fully saturated rings. The largest absolute Gasteiger partial charge is 0.408 e. The fraction of sp³-hybridized carbons (Fsp3) is 0.375. The Morgan fingerprint density at radius 3 is 2.29 bits per heavy atom. The van der Waals surface area contributed by atoms with Crippen LogP contribution in [0.5, 0.6) is 0 Å². The van der Waals surface area contributed by atoms with Gasteiger partial charge in [-0.15, -0.1) is 0 Å². The zero-order valence-corrected chi connectivity index (χ0v) is 12.8. The maximum Gasteiger partial charge on any atom is 0.408 e. The normalized spacial score (nSPS) is 17.7. The van der Waals surface area contributed by atoms with Gasteiger partial charge >= 0.3 is 6.18 Å². The molecule has 1 aromatic carbocycles. The van der Waals surface area contributed by atoms with Crippen LogP contribution < -0.4 is 0 Å². The summed E-state index contributed by atoms with van der Waals surface area (Å²) < 4.78 is 40.6. The molecular weight excluding hydrogens is 321 g/mol. The molecule has 0 spiro atoms. The first kappa shape index (κ1) is 16.5. The maximum absolute atomic E-state index is 13.5. The minimum absolute atomic E-state index is 0.166. The van der Waals surface area contributed by atoms with Crippen LogP contribution in [0.25, 0.3) is 0 Å². The molecule has 1 aliphatic rings. The Labute approximate surface area is 137 Å². The van der Waals surface area contributed by atoms with Crippen molar-refractivity contribution in [3.8, 4) is 0 Å². The van der Waals surface area contributed by atoms with Gasteiger partial charge in [-0.3, -0.25) is 14.8 Å². The van der Waals surface area contributed by atoms with E-state index >= 15 is 0 Å². The summed E-state index contributed by atoms with van der Waals surface area (Å²) in [7, 11) is 0. The van der Waals surface area contributed by atoms with Gasteiger partial charge in [0.25, 0.3) is 5.91 Å². The van der Waals surface area contributed by atoms with Crippen LogP contribution in [0, 0.1) is 0 Å². The molecule has 8 heteroatoms. The van der Waals surface area contributed by atoms with Crippen molar-refractivity contribution in [3.05, 3.63) is 53.9 Å². The summed E-state index contributed by atoms with van der Waals surface area (Å²) in [5.41, 5.74) is 0.567. The number of aromatic amines is 1. The van der Waals surface area contributed by atoms with Gasteiger partial charge in [-0.25, -0.2) is 0 Å². The van der Waals surface area contributed by atoms with Gasteiger partial charge in [0.2, 0.25) is 0 Å². The molecule has 2 aromatic rings. The number of alkyl halides is 3. The van der Waals surface area contributed by atoms with E-state index in [1.165, 1.54) is 23.2 Å². The third-order valence-electron chi connectivity index (χ3n) is 4.12. The Balaban J connectivity index is 1.71. The Hall–Kier alpha value is -2.35. The van der Waals surface area contributed by atoms with E-state index in [4.69, 9.17) is 0 Å². The molecule has 1 saturated heterocycles. The van der Waals surface area contributed by atoms with Gasteiger partial charge < -0.3 is 4.90 Å². The summed E-state index contributed by atoms with van der Waals surface area (Å²) in [6.45, 7) is 0.826. The molecule has 1 aromatic heterocycles. The summed E-state index contributed by atoms with van der Waals surface area (Å²) in [5.74, 6) is -0.240. The highest BCUT2D eigenvalue weighted by Gasteiger charge is 2.45. The fourth-order valence-corrected chi connectivity index (χ4v) is 2.97. The molecule has 0 aliphatic carbocycles. The predicted molar refractivity (Wildman–Crippen MR) is 81.3 cm³/mol. The number of hydrogen-bond donors (Lipinski definition) is 1. The van der Waals surface area contributed by atoms with Crippen molar-refractivity contribution in [1.82, 2.24) is 20.0 Å². The molecule has 0 unspecified atom stereocenters. The number of carbonyl (C=O) groups excluding carboxylic acids is 1. The third-order valence-corrected chi connectivity index (χ3v) is 4.12. The first-order valence-corrected chi connectivity index (χ1v) is 7.61. The monoisotopic (exact) mass is 338 g/mol. The highest BCUT2D eigenvalue weighted by atomic mass is 19.4. The minimum Gasteiger partial charge on any atom is -0.335 e. The van der Waals surface area contributed by atoms with E-state index in [0.717, 1.165) is 0 Å². The Morgan fingerprint density at radius 1 is 1.08 bits per heavy atom. The molecule has 0 saturated carbocycles. The van der Waals surface area contributed by atoms with Gasteiger partial charge in [0.05, 0.1) is 0 Å². The van der Waals surface area contributed by atoms with Crippen molar-refractivity contribution in [3.63, 3.8) is 0 Å². The Bertz CT molecular complexity index is 664. The van der Waals surface area contributed by atoms with Crippen molar-refractivity contribution in [2.75, 3.05) is 26.2 Å². The van der Waals surface area contributed by atoms with E-state index in [9.17, 15) is 18.0 Å². The summed E-state index contributed by atoms with van der Waals surface area (Å²) in [6.07, 6.45) is -2.89. The molecule has 1 amide bonds. The van der Waals surface area contributed by atoms with Gasteiger partial charge in [0.15, 0.2) is 0 Å². The predicted octanol–water partition coefficient (Wildman–Crippen LogP) is 2.47. The van der Waals surface area contributed by atoms with Crippen LogP contribution in [-0.4, -0.2) is 58.3 Å². The molecule has 128 valence electrons. The number of nitrogens with one attached hydrogen (secondary N) is 1. The van der Waals surface area contributed by atoms with Crippen molar-refractivity contribution >= 4 is 5.91 Å². The summed E-state index contributed by atoms with van der Waals surface area (Å²) in [5, 5.41) is 6.31. The van der Waals surface area contributed by atoms with Crippen LogP contribution in [0.15, 0.2) is 42.6 Å². The molecule has 2 heterocycles. The number of hydrogen-bond acceptors (Lipinski definition) is 3. The lowest BCUT2D eigenvalue weighted by Gasteiger charge is -2.39. The van der Waals surface area contributed by atoms with Crippen molar-refractivity contribution in [1.29, 1.82) is 0 Å². The second-order valence-electron chi connectivity index (χ2n) is 5.65. The van der Waals surface area contributed by atoms with E-state index in [0.29, 0.717) is 5.69 Å². The highest BCUT2D eigenvalue weighted by Crippen LogP contribution is 2.38. The lowest BCUT2D eigenvalue weighted by atomic mass is 10.0. The molecule has 3 rings (SSSR count). The minimum atomic E-state index is -4.36. The average Bonchev–Trinajstić information content (AvgIpc) is 3.09. The van der Waals surface area contributed by atoms with Gasteiger partial charge in [0.1, 0.15) is 11.7 Å². The summed E-state index contributed by atoms with van der Waals surface area (Å²) in [4.78, 5) is 15.1. The zero-order valence-electron chi connectivity index (χ0n) is 12.8. The van der Waals surface area contributed by atoms with Crippen molar-refractivity contribution in [2.45, 2.75) is 12.2 Å². The second-order valence-corrected chi connectivity index (χ2v) is 5.65. The molecule has 24 heavy (non-hydrogen) atoms. The standard InChI is InChI=1S/C16H17F3N4O/c17-16(18,19)14(12-4-2-1-3-5-12)22-8-10-23(11-9-22)15(24)13-6-7-20-21-13/h1-7,14H,8-11H2,(H,20,21)/t14-/m0/s1. The van der Waals surface area contributed by atoms with E-state index in [1.807, 2.05) is 0 Å². The molecule has 1 N–H and O–H groups in total. The van der Waals surface area contributed by atoms with E-state index < -0.39 is 12.2 Å². The molecule has 0 bridgehead atoms. The van der Waals surface area contributed by atoms with Gasteiger partial charge in [-0.2, -0.15) is 18.3 Å². The van der Waals surface area contributed by atoms with Crippen molar-refractivity contribution < 1.29 is 18.0 Å². The number of rotatable bonds is 3. The van der Waals surface area contributed by atoms with Crippen LogP contribution in [0.3, 0.4) is 0 Å². The first-order valence-electron chi connectivity index (χ1n) is 7.61. The Kier molecular flexibility index (Phi) is 4.57. The molecule has 0 radical (unpaired) electrons. The number of amides is 1. The number of halogens is 3. The van der Waals surface area contributed by atoms with Crippen molar-refractivity contribution in [2.24, 2.45) is 0 Å². The highest BCUT2D eigenvalue weighted by molar-refractivity contribution is 5.92. The second kappa shape index (κ2) is 6.64. The number of piperazine rings is 1. The smallest absolute Gasteiger partial charge is 0.335 e. The molecular formula is C16H17F3N4O. The number of benzene rings is 1. The van der Waals surface area contributed by atoms with E-state index in [2.05, 4.69) is 10.2 Å². The molecule has 1 aliphatic heterocycles. The summed E-state index contributed by atoms with van der Waals surface area (Å²) >= 11 is 0. The topological polar surface area (TPSA) is 52.2 Å². The maximum atomic E-state index is 13.5. The van der Waals surface area contributed by atoms with Crippen LogP contribution in [0.1, 0.15) is 22.1 Å². The van der Waals surface area contributed by atoms with Gasteiger partial charge in [0, 0.05) is 32.4 Å². The van der Waals surface area contributed by atoms with Gasteiger partial charge in [-0.1, -0.05) is 30.3 Å².